The Morgan fingerprint density at radius 3 is 1.45 bits per heavy atom. The van der Waals surface area contributed by atoms with Crippen molar-refractivity contribution >= 4 is 76.8 Å². The molecule has 8 aromatic carbocycles. The summed E-state index contributed by atoms with van der Waals surface area (Å²) in [5.41, 5.74) is 12.9. The highest BCUT2D eigenvalue weighted by atomic mass is 15.0. The molecule has 0 atom stereocenters. The number of rotatable bonds is 4. The predicted molar refractivity (Wildman–Crippen MR) is 227 cm³/mol. The lowest BCUT2D eigenvalue weighted by molar-refractivity contribution is 1.17. The maximum absolute atomic E-state index is 7.88. The third kappa shape index (κ3) is 4.45. The zero-order valence-corrected chi connectivity index (χ0v) is 29.5. The predicted octanol–water partition coefficient (Wildman–Crippen LogP) is 13.7. The smallest absolute Gasteiger partial charge is 0.189 e. The molecule has 254 valence electrons. The van der Waals surface area contributed by atoms with Crippen molar-refractivity contribution in [3.8, 4) is 28.2 Å². The van der Waals surface area contributed by atoms with Gasteiger partial charge in [-0.3, -0.25) is 0 Å². The molecule has 0 aliphatic carbocycles. The van der Waals surface area contributed by atoms with Crippen LogP contribution in [0.2, 0.25) is 0 Å². The molecule has 5 heteroatoms. The molecule has 0 aliphatic rings. The molecule has 11 rings (SSSR count). The average molecular weight is 700 g/mol. The van der Waals surface area contributed by atoms with Crippen molar-refractivity contribution in [3.63, 3.8) is 0 Å². The molecule has 0 saturated heterocycles. The van der Waals surface area contributed by atoms with Gasteiger partial charge in [0.2, 0.25) is 0 Å². The van der Waals surface area contributed by atoms with E-state index in [1.807, 2.05) is 42.5 Å². The third-order valence-electron chi connectivity index (χ3n) is 11.1. The van der Waals surface area contributed by atoms with Crippen LogP contribution in [0.1, 0.15) is 0 Å². The van der Waals surface area contributed by atoms with E-state index < -0.39 is 0 Å². The van der Waals surface area contributed by atoms with Crippen LogP contribution in [0.15, 0.2) is 176 Å². The largest absolute Gasteiger partial charge is 0.310 e. The molecule has 3 aromatic heterocycles. The zero-order chi connectivity index (χ0) is 36.6. The lowest BCUT2D eigenvalue weighted by Gasteiger charge is -2.16. The first-order chi connectivity index (χ1) is 27.2. The van der Waals surface area contributed by atoms with Gasteiger partial charge in [0.15, 0.2) is 11.4 Å². The molecule has 0 saturated carbocycles. The van der Waals surface area contributed by atoms with E-state index in [2.05, 4.69) is 157 Å². The van der Waals surface area contributed by atoms with E-state index in [0.717, 1.165) is 61.0 Å². The van der Waals surface area contributed by atoms with Crippen molar-refractivity contribution in [1.82, 2.24) is 13.7 Å². The lowest BCUT2D eigenvalue weighted by atomic mass is 10.0. The van der Waals surface area contributed by atoms with Gasteiger partial charge < -0.3 is 13.7 Å². The van der Waals surface area contributed by atoms with Gasteiger partial charge in [-0.05, 0) is 77.9 Å². The maximum atomic E-state index is 7.88. The van der Waals surface area contributed by atoms with E-state index in [1.54, 1.807) is 0 Å². The maximum Gasteiger partial charge on any atom is 0.189 e. The van der Waals surface area contributed by atoms with Crippen LogP contribution < -0.4 is 0 Å². The molecule has 0 fully saturated rings. The Bertz CT molecular complexity index is 3400. The molecule has 3 heterocycles. The van der Waals surface area contributed by atoms with E-state index in [4.69, 9.17) is 13.1 Å². The van der Waals surface area contributed by atoms with E-state index >= 15 is 0 Å². The SMILES string of the molecule is [C-]#[N+]c1ccc(-n2c3ccccc3c3ccc([N+]#[C-])cc32)c(-c2ccc(-n3c4ccccc4c4c(-n5c6ccccc6c6ccccc65)cccc43)cc2)c1. The Hall–Kier alpha value is -7.86. The van der Waals surface area contributed by atoms with Crippen LogP contribution in [-0.2, 0) is 0 Å². The highest BCUT2D eigenvalue weighted by molar-refractivity contribution is 6.16. The van der Waals surface area contributed by atoms with E-state index in [1.165, 1.54) is 32.6 Å². The number of nitrogens with zero attached hydrogens (tertiary/aromatic N) is 5. The summed E-state index contributed by atoms with van der Waals surface area (Å²) < 4.78 is 7.01. The van der Waals surface area contributed by atoms with Gasteiger partial charge in [-0.25, -0.2) is 9.69 Å². The molecular weight excluding hydrogens is 671 g/mol. The minimum absolute atomic E-state index is 0.574. The fourth-order valence-corrected chi connectivity index (χ4v) is 8.74. The number of hydrogen-bond donors (Lipinski definition) is 0. The van der Waals surface area contributed by atoms with Gasteiger partial charge in [-0.1, -0.05) is 109 Å². The summed E-state index contributed by atoms with van der Waals surface area (Å²) in [6, 6.07) is 61.5. The van der Waals surface area contributed by atoms with E-state index in [9.17, 15) is 0 Å². The van der Waals surface area contributed by atoms with Gasteiger partial charge in [0.05, 0.1) is 52.1 Å². The van der Waals surface area contributed by atoms with Crippen LogP contribution in [0.25, 0.3) is 103 Å². The number of hydrogen-bond acceptors (Lipinski definition) is 0. The van der Waals surface area contributed by atoms with Gasteiger partial charge in [-0.2, -0.15) is 0 Å². The summed E-state index contributed by atoms with van der Waals surface area (Å²) in [5.74, 6) is 0. The Balaban J connectivity index is 1.12. The van der Waals surface area contributed by atoms with Crippen molar-refractivity contribution in [3.05, 3.63) is 199 Å². The highest BCUT2D eigenvalue weighted by Crippen LogP contribution is 2.42. The van der Waals surface area contributed by atoms with Gasteiger partial charge in [0.25, 0.3) is 0 Å². The van der Waals surface area contributed by atoms with Gasteiger partial charge >= 0.3 is 0 Å². The van der Waals surface area contributed by atoms with Crippen LogP contribution in [0.3, 0.4) is 0 Å². The summed E-state index contributed by atoms with van der Waals surface area (Å²) in [5, 5.41) is 7.08. The minimum Gasteiger partial charge on any atom is -0.310 e. The van der Waals surface area contributed by atoms with E-state index in [0.29, 0.717) is 11.4 Å². The van der Waals surface area contributed by atoms with Crippen molar-refractivity contribution in [2.75, 3.05) is 0 Å². The molecule has 0 spiro atoms. The molecule has 0 unspecified atom stereocenters. The van der Waals surface area contributed by atoms with Gasteiger partial charge in [0.1, 0.15) is 0 Å². The molecule has 0 N–H and O–H groups in total. The zero-order valence-electron chi connectivity index (χ0n) is 29.5. The standard InChI is InChI=1S/C50H29N5/c1-51-33-25-29-46(55-44-18-9-5-14-38(44)39-28-24-34(52-2)31-49(39)55)41(30-33)32-22-26-35(27-23-32)53-45-19-10-6-15-40(45)50-47(53)20-11-21-48(50)54-42-16-7-3-12-36(42)37-13-4-8-17-43(37)54/h3-31H. The number of aromatic nitrogens is 3. The molecule has 55 heavy (non-hydrogen) atoms. The van der Waals surface area contributed by atoms with Gasteiger partial charge in [-0.15, -0.1) is 0 Å². The first-order valence-corrected chi connectivity index (χ1v) is 18.3. The second-order valence-corrected chi connectivity index (χ2v) is 13.9. The van der Waals surface area contributed by atoms with Gasteiger partial charge in [0, 0.05) is 43.5 Å². The lowest BCUT2D eigenvalue weighted by Crippen LogP contribution is -1.98. The molecule has 0 radical (unpaired) electrons. The molecule has 11 aromatic rings. The quantitative estimate of drug-likeness (QED) is 0.163. The Kier molecular flexibility index (Phi) is 6.61. The second kappa shape index (κ2) is 11.8. The number of benzene rings is 8. The third-order valence-corrected chi connectivity index (χ3v) is 11.1. The Morgan fingerprint density at radius 2 is 0.836 bits per heavy atom. The Morgan fingerprint density at radius 1 is 0.345 bits per heavy atom. The minimum atomic E-state index is 0.574. The number of para-hydroxylation sites is 4. The molecule has 5 nitrogen and oxygen atoms in total. The Labute approximate surface area is 316 Å². The van der Waals surface area contributed by atoms with E-state index in [-0.39, 0.29) is 0 Å². The highest BCUT2D eigenvalue weighted by Gasteiger charge is 2.20. The van der Waals surface area contributed by atoms with Crippen molar-refractivity contribution in [2.45, 2.75) is 0 Å². The number of fused-ring (bicyclic) bond motifs is 9. The average Bonchev–Trinajstić information content (AvgIpc) is 3.89. The van der Waals surface area contributed by atoms with Crippen LogP contribution >= 0.6 is 0 Å². The summed E-state index contributed by atoms with van der Waals surface area (Å²) in [7, 11) is 0. The fraction of sp³-hybridized carbons (Fsp3) is 0. The molecule has 0 amide bonds. The van der Waals surface area contributed by atoms with Crippen LogP contribution in [0.5, 0.6) is 0 Å². The first kappa shape index (κ1) is 30.7. The topological polar surface area (TPSA) is 23.5 Å². The van der Waals surface area contributed by atoms with Crippen LogP contribution in [0.4, 0.5) is 11.4 Å². The summed E-state index contributed by atoms with van der Waals surface area (Å²) in [4.78, 5) is 7.57. The summed E-state index contributed by atoms with van der Waals surface area (Å²) in [6.45, 7) is 15.6. The van der Waals surface area contributed by atoms with Crippen molar-refractivity contribution in [1.29, 1.82) is 0 Å². The van der Waals surface area contributed by atoms with Crippen molar-refractivity contribution in [2.24, 2.45) is 0 Å². The van der Waals surface area contributed by atoms with Crippen LogP contribution in [-0.4, -0.2) is 13.7 Å². The normalized spacial score (nSPS) is 11.6. The molecule has 0 aliphatic heterocycles. The monoisotopic (exact) mass is 699 g/mol. The summed E-state index contributed by atoms with van der Waals surface area (Å²) in [6.07, 6.45) is 0. The summed E-state index contributed by atoms with van der Waals surface area (Å²) >= 11 is 0. The molecule has 0 bridgehead atoms. The fourth-order valence-electron chi connectivity index (χ4n) is 8.74. The first-order valence-electron chi connectivity index (χ1n) is 18.3. The second-order valence-electron chi connectivity index (χ2n) is 13.9. The molecular formula is C50H29N5. The van der Waals surface area contributed by atoms with Crippen LogP contribution in [0, 0.1) is 13.1 Å². The van der Waals surface area contributed by atoms with Crippen molar-refractivity contribution < 1.29 is 0 Å².